The fourth-order valence-corrected chi connectivity index (χ4v) is 1.50. The summed E-state index contributed by atoms with van der Waals surface area (Å²) < 4.78 is 10.1. The number of carbonyl (C=O) groups excluding carboxylic acids is 1. The molecule has 80 valence electrons. The molecule has 0 aromatic carbocycles. The Balaban J connectivity index is 1.97. The summed E-state index contributed by atoms with van der Waals surface area (Å²) in [6, 6.07) is 0. The minimum Gasteiger partial charge on any atom is -0.448 e. The maximum atomic E-state index is 11.5. The molecule has 2 rings (SSSR count). The second kappa shape index (κ2) is 4.16. The van der Waals surface area contributed by atoms with Crippen molar-refractivity contribution in [3.05, 3.63) is 30.5 Å². The van der Waals surface area contributed by atoms with Crippen molar-refractivity contribution in [2.75, 3.05) is 13.2 Å². The first-order chi connectivity index (χ1) is 7.31. The lowest BCUT2D eigenvalue weighted by atomic mass is 10.2. The van der Waals surface area contributed by atoms with Gasteiger partial charge in [-0.1, -0.05) is 12.7 Å². The molecule has 0 spiro atoms. The number of carbonyl (C=O) groups is 1. The van der Waals surface area contributed by atoms with E-state index in [2.05, 4.69) is 11.6 Å². The van der Waals surface area contributed by atoms with Gasteiger partial charge in [0.1, 0.15) is 18.1 Å². The van der Waals surface area contributed by atoms with Gasteiger partial charge in [0, 0.05) is 13.0 Å². The van der Waals surface area contributed by atoms with E-state index in [9.17, 15) is 4.79 Å². The molecule has 0 unspecified atom stereocenters. The highest BCUT2D eigenvalue weighted by atomic mass is 16.6. The molecular formula is C10H12N2O3. The zero-order chi connectivity index (χ0) is 10.7. The van der Waals surface area contributed by atoms with Crippen molar-refractivity contribution in [3.63, 3.8) is 0 Å². The van der Waals surface area contributed by atoms with Crippen LogP contribution in [0.4, 0.5) is 4.79 Å². The van der Waals surface area contributed by atoms with Crippen molar-refractivity contribution >= 4 is 6.09 Å². The van der Waals surface area contributed by atoms with Crippen molar-refractivity contribution in [1.29, 1.82) is 0 Å². The van der Waals surface area contributed by atoms with E-state index < -0.39 is 0 Å². The number of hydrogen-bond donors (Lipinski definition) is 0. The number of amides is 1. The van der Waals surface area contributed by atoms with E-state index in [0.29, 0.717) is 19.5 Å². The molecular weight excluding hydrogens is 196 g/mol. The molecule has 1 aromatic heterocycles. The lowest BCUT2D eigenvalue weighted by Crippen LogP contribution is -2.36. The van der Waals surface area contributed by atoms with Crippen LogP contribution in [-0.2, 0) is 17.7 Å². The van der Waals surface area contributed by atoms with Crippen LogP contribution in [0, 0.1) is 0 Å². The Morgan fingerprint density at radius 2 is 2.67 bits per heavy atom. The Kier molecular flexibility index (Phi) is 2.71. The third-order valence-electron chi connectivity index (χ3n) is 2.26. The summed E-state index contributed by atoms with van der Waals surface area (Å²) >= 11 is 0. The van der Waals surface area contributed by atoms with Crippen LogP contribution in [0.2, 0.25) is 0 Å². The largest absolute Gasteiger partial charge is 0.448 e. The zero-order valence-corrected chi connectivity index (χ0v) is 8.31. The smallest absolute Gasteiger partial charge is 0.410 e. The van der Waals surface area contributed by atoms with Crippen LogP contribution >= 0.6 is 0 Å². The molecule has 0 saturated heterocycles. The van der Waals surface area contributed by atoms with Gasteiger partial charge in [0.05, 0.1) is 6.54 Å². The summed E-state index contributed by atoms with van der Waals surface area (Å²) in [5, 5.41) is 0. The minimum atomic E-state index is -0.330. The van der Waals surface area contributed by atoms with Crippen molar-refractivity contribution in [2.24, 2.45) is 0 Å². The third-order valence-corrected chi connectivity index (χ3v) is 2.26. The lowest BCUT2D eigenvalue weighted by Gasteiger charge is -2.24. The Morgan fingerprint density at radius 1 is 1.80 bits per heavy atom. The van der Waals surface area contributed by atoms with E-state index in [-0.39, 0.29) is 12.7 Å². The zero-order valence-electron chi connectivity index (χ0n) is 8.31. The molecule has 0 saturated carbocycles. The van der Waals surface area contributed by atoms with Gasteiger partial charge in [-0.05, 0) is 0 Å². The number of aromatic nitrogens is 1. The predicted octanol–water partition coefficient (Wildman–Crippen LogP) is 1.36. The molecule has 2 heterocycles. The van der Waals surface area contributed by atoms with Gasteiger partial charge in [-0.3, -0.25) is 0 Å². The Hall–Kier alpha value is -1.78. The fraction of sp³-hybridized carbons (Fsp3) is 0.400. The summed E-state index contributed by atoms with van der Waals surface area (Å²) in [6.45, 7) is 4.79. The molecule has 5 heteroatoms. The van der Waals surface area contributed by atoms with Crippen LogP contribution < -0.4 is 0 Å². The minimum absolute atomic E-state index is 0.237. The molecule has 1 aromatic rings. The van der Waals surface area contributed by atoms with Crippen LogP contribution in [0.1, 0.15) is 11.5 Å². The van der Waals surface area contributed by atoms with Crippen molar-refractivity contribution < 1.29 is 13.9 Å². The SMILES string of the molecule is C=CCOC(=O)N1CCc2ocnc2C1. The molecule has 0 fully saturated rings. The second-order valence-corrected chi connectivity index (χ2v) is 3.26. The van der Waals surface area contributed by atoms with E-state index in [1.54, 1.807) is 11.0 Å². The highest BCUT2D eigenvalue weighted by Crippen LogP contribution is 2.17. The molecule has 0 bridgehead atoms. The van der Waals surface area contributed by atoms with Gasteiger partial charge in [-0.25, -0.2) is 9.78 Å². The number of ether oxygens (including phenoxy) is 1. The molecule has 15 heavy (non-hydrogen) atoms. The fourth-order valence-electron chi connectivity index (χ4n) is 1.50. The third kappa shape index (κ3) is 2.01. The molecule has 1 amide bonds. The Bertz CT molecular complexity index is 372. The Morgan fingerprint density at radius 3 is 3.47 bits per heavy atom. The topological polar surface area (TPSA) is 55.6 Å². The molecule has 0 radical (unpaired) electrons. The van der Waals surface area contributed by atoms with Crippen LogP contribution in [0.5, 0.6) is 0 Å². The normalized spacial score (nSPS) is 14.5. The van der Waals surface area contributed by atoms with E-state index in [1.807, 2.05) is 0 Å². The van der Waals surface area contributed by atoms with Crippen LogP contribution in [0.25, 0.3) is 0 Å². The van der Waals surface area contributed by atoms with Gasteiger partial charge in [0.2, 0.25) is 0 Å². The number of oxazole rings is 1. The van der Waals surface area contributed by atoms with E-state index in [1.165, 1.54) is 6.39 Å². The first kappa shape index (κ1) is 9.76. The van der Waals surface area contributed by atoms with Crippen molar-refractivity contribution in [2.45, 2.75) is 13.0 Å². The van der Waals surface area contributed by atoms with E-state index in [4.69, 9.17) is 9.15 Å². The number of rotatable bonds is 2. The van der Waals surface area contributed by atoms with Crippen LogP contribution in [0.15, 0.2) is 23.5 Å². The number of nitrogens with zero attached hydrogens (tertiary/aromatic N) is 2. The summed E-state index contributed by atoms with van der Waals surface area (Å²) in [5.41, 5.74) is 0.816. The van der Waals surface area contributed by atoms with Crippen molar-refractivity contribution in [3.8, 4) is 0 Å². The first-order valence-electron chi connectivity index (χ1n) is 4.75. The van der Waals surface area contributed by atoms with Gasteiger partial charge in [-0.15, -0.1) is 0 Å². The molecule has 5 nitrogen and oxygen atoms in total. The van der Waals surface area contributed by atoms with Crippen LogP contribution in [-0.4, -0.2) is 29.1 Å². The van der Waals surface area contributed by atoms with Gasteiger partial charge in [-0.2, -0.15) is 0 Å². The molecule has 0 N–H and O–H groups in total. The Labute approximate surface area is 87.3 Å². The molecule has 1 aliphatic rings. The summed E-state index contributed by atoms with van der Waals surface area (Å²) in [4.78, 5) is 17.1. The molecule has 1 aliphatic heterocycles. The highest BCUT2D eigenvalue weighted by molar-refractivity contribution is 5.68. The average molecular weight is 208 g/mol. The average Bonchev–Trinajstić information content (AvgIpc) is 2.72. The quantitative estimate of drug-likeness (QED) is 0.688. The van der Waals surface area contributed by atoms with Gasteiger partial charge < -0.3 is 14.1 Å². The second-order valence-electron chi connectivity index (χ2n) is 3.26. The predicted molar refractivity (Wildman–Crippen MR) is 52.2 cm³/mol. The van der Waals surface area contributed by atoms with Crippen LogP contribution in [0.3, 0.4) is 0 Å². The number of fused-ring (bicyclic) bond motifs is 1. The highest BCUT2D eigenvalue weighted by Gasteiger charge is 2.24. The van der Waals surface area contributed by atoms with E-state index in [0.717, 1.165) is 11.5 Å². The summed E-state index contributed by atoms with van der Waals surface area (Å²) in [7, 11) is 0. The molecule has 0 atom stereocenters. The van der Waals surface area contributed by atoms with Crippen molar-refractivity contribution in [1.82, 2.24) is 9.88 Å². The van der Waals surface area contributed by atoms with Gasteiger partial charge in [0.25, 0.3) is 0 Å². The van der Waals surface area contributed by atoms with Gasteiger partial charge >= 0.3 is 6.09 Å². The lowest BCUT2D eigenvalue weighted by molar-refractivity contribution is 0.106. The monoisotopic (exact) mass is 208 g/mol. The van der Waals surface area contributed by atoms with Gasteiger partial charge in [0.15, 0.2) is 6.39 Å². The molecule has 0 aliphatic carbocycles. The first-order valence-corrected chi connectivity index (χ1v) is 4.75. The maximum Gasteiger partial charge on any atom is 0.410 e. The van der Waals surface area contributed by atoms with E-state index >= 15 is 0 Å². The summed E-state index contributed by atoms with van der Waals surface area (Å²) in [6.07, 6.45) is 3.31. The number of hydrogen-bond acceptors (Lipinski definition) is 4. The standard InChI is InChI=1S/C10H12N2O3/c1-2-5-14-10(13)12-4-3-9-8(6-12)11-7-15-9/h2,7H,1,3-6H2. The maximum absolute atomic E-state index is 11.5. The summed E-state index contributed by atoms with van der Waals surface area (Å²) in [5.74, 6) is 0.864.